The first-order valence-electron chi connectivity index (χ1n) is 14.4. The zero-order chi connectivity index (χ0) is 31.8. The number of fused-ring (bicyclic) bond motifs is 1. The maximum absolute atomic E-state index is 12.8. The number of hydrogen-bond donors (Lipinski definition) is 1. The van der Waals surface area contributed by atoms with Crippen molar-refractivity contribution in [1.82, 2.24) is 4.72 Å². The summed E-state index contributed by atoms with van der Waals surface area (Å²) in [7, 11) is -4.07. The highest BCUT2D eigenvalue weighted by atomic mass is 35.5. The predicted molar refractivity (Wildman–Crippen MR) is 175 cm³/mol. The van der Waals surface area contributed by atoms with Crippen LogP contribution in [0.25, 0.3) is 10.8 Å². The van der Waals surface area contributed by atoms with Gasteiger partial charge in [0, 0.05) is 17.9 Å². The molecule has 0 aromatic heterocycles. The fourth-order valence-corrected chi connectivity index (χ4v) is 6.06. The number of amides is 1. The van der Waals surface area contributed by atoms with Gasteiger partial charge in [-0.05, 0) is 82.8 Å². The SMILES string of the molecule is Cc1ccc(S(=O)(=O)NC(=O)CCc2ccc(COc3cccc(C#N)c3)cc2OCCc2ccc3ccccc3c2)cc1Cl. The Morgan fingerprint density at radius 3 is 2.44 bits per heavy atom. The molecule has 7 nitrogen and oxygen atoms in total. The average Bonchev–Trinajstić information content (AvgIpc) is 3.04. The standard InChI is InChI=1S/C36H31ClN2O5S/c1-25-9-15-33(22-34(25)37)45(41,42)39-36(40)16-14-30-13-11-28(24-44-32-8-4-5-27(20-32)23-38)21-35(30)43-18-17-26-10-12-29-6-2-3-7-31(29)19-26/h2-13,15,19-22H,14,16-18,24H2,1H3,(H,39,40). The number of nitrogens with one attached hydrogen (secondary N) is 1. The van der Waals surface area contributed by atoms with Crippen LogP contribution < -0.4 is 14.2 Å². The fraction of sp³-hybridized carbons (Fsp3) is 0.167. The van der Waals surface area contributed by atoms with Gasteiger partial charge < -0.3 is 9.47 Å². The first-order chi connectivity index (χ1) is 21.7. The van der Waals surface area contributed by atoms with Crippen molar-refractivity contribution in [3.63, 3.8) is 0 Å². The summed E-state index contributed by atoms with van der Waals surface area (Å²) in [5.74, 6) is 0.520. The summed E-state index contributed by atoms with van der Waals surface area (Å²) in [5.41, 5.74) is 3.97. The number of carbonyl (C=O) groups excluding carboxylic acids is 1. The maximum Gasteiger partial charge on any atom is 0.264 e. The number of sulfonamides is 1. The van der Waals surface area contributed by atoms with Gasteiger partial charge in [0.15, 0.2) is 0 Å². The van der Waals surface area contributed by atoms with Gasteiger partial charge in [0.2, 0.25) is 5.91 Å². The lowest BCUT2D eigenvalue weighted by atomic mass is 10.0. The van der Waals surface area contributed by atoms with Crippen LogP contribution in [0.4, 0.5) is 0 Å². The zero-order valence-corrected chi connectivity index (χ0v) is 26.2. The molecule has 0 aliphatic carbocycles. The number of carbonyl (C=O) groups is 1. The molecule has 0 bridgehead atoms. The summed E-state index contributed by atoms with van der Waals surface area (Å²) in [6.45, 7) is 2.41. The Morgan fingerprint density at radius 2 is 1.64 bits per heavy atom. The van der Waals surface area contributed by atoms with Gasteiger partial charge in [-0.2, -0.15) is 5.26 Å². The van der Waals surface area contributed by atoms with Crippen LogP contribution >= 0.6 is 11.6 Å². The number of aryl methyl sites for hydroxylation is 2. The Kier molecular flexibility index (Phi) is 10.0. The molecule has 0 radical (unpaired) electrons. The second-order valence-electron chi connectivity index (χ2n) is 10.6. The van der Waals surface area contributed by atoms with Gasteiger partial charge in [0.05, 0.1) is 23.1 Å². The predicted octanol–water partition coefficient (Wildman–Crippen LogP) is 7.31. The number of rotatable bonds is 12. The number of nitrogens with zero attached hydrogens (tertiary/aromatic N) is 1. The van der Waals surface area contributed by atoms with E-state index in [4.69, 9.17) is 21.1 Å². The largest absolute Gasteiger partial charge is 0.493 e. The quantitative estimate of drug-likeness (QED) is 0.154. The van der Waals surface area contributed by atoms with Crippen LogP contribution in [0.3, 0.4) is 0 Å². The summed E-state index contributed by atoms with van der Waals surface area (Å²) in [4.78, 5) is 12.7. The van der Waals surface area contributed by atoms with Gasteiger partial charge in [-0.25, -0.2) is 13.1 Å². The molecule has 0 heterocycles. The molecule has 45 heavy (non-hydrogen) atoms. The number of hydrogen-bond acceptors (Lipinski definition) is 6. The van der Waals surface area contributed by atoms with Crippen LogP contribution in [-0.2, 0) is 34.3 Å². The van der Waals surface area contributed by atoms with Gasteiger partial charge in [-0.15, -0.1) is 0 Å². The maximum atomic E-state index is 12.8. The Hall–Kier alpha value is -4.84. The molecule has 228 valence electrons. The number of nitriles is 1. The van der Waals surface area contributed by atoms with Crippen LogP contribution in [-0.4, -0.2) is 20.9 Å². The minimum absolute atomic E-state index is 0.0728. The van der Waals surface area contributed by atoms with Crippen LogP contribution in [0.2, 0.25) is 5.02 Å². The summed E-state index contributed by atoms with van der Waals surface area (Å²) in [5, 5.41) is 11.8. The van der Waals surface area contributed by atoms with Crippen molar-refractivity contribution in [3.05, 3.63) is 136 Å². The molecule has 1 amide bonds. The molecule has 0 aliphatic rings. The first-order valence-corrected chi connectivity index (χ1v) is 16.2. The van der Waals surface area contributed by atoms with Crippen molar-refractivity contribution in [2.24, 2.45) is 0 Å². The summed E-state index contributed by atoms with van der Waals surface area (Å²) in [6, 6.07) is 33.4. The van der Waals surface area contributed by atoms with E-state index in [1.165, 1.54) is 17.5 Å². The molecular formula is C36H31ClN2O5S. The third-order valence-corrected chi connectivity index (χ3v) is 9.06. The molecule has 5 aromatic carbocycles. The Morgan fingerprint density at radius 1 is 0.844 bits per heavy atom. The molecule has 0 atom stereocenters. The second-order valence-corrected chi connectivity index (χ2v) is 12.7. The van der Waals surface area contributed by atoms with Gasteiger partial charge >= 0.3 is 0 Å². The highest BCUT2D eigenvalue weighted by molar-refractivity contribution is 7.90. The molecule has 0 unspecified atom stereocenters. The Balaban J connectivity index is 1.28. The van der Waals surface area contributed by atoms with E-state index in [0.717, 1.165) is 27.6 Å². The van der Waals surface area contributed by atoms with Crippen molar-refractivity contribution in [2.45, 2.75) is 37.7 Å². The zero-order valence-electron chi connectivity index (χ0n) is 24.6. The van der Waals surface area contributed by atoms with Gasteiger partial charge in [-0.1, -0.05) is 78.3 Å². The van der Waals surface area contributed by atoms with Crippen LogP contribution in [0.15, 0.2) is 108 Å². The van der Waals surface area contributed by atoms with Crippen molar-refractivity contribution in [3.8, 4) is 17.6 Å². The molecule has 0 fully saturated rings. The minimum atomic E-state index is -4.07. The lowest BCUT2D eigenvalue weighted by Crippen LogP contribution is -2.30. The van der Waals surface area contributed by atoms with Crippen molar-refractivity contribution < 1.29 is 22.7 Å². The van der Waals surface area contributed by atoms with E-state index in [0.29, 0.717) is 35.1 Å². The van der Waals surface area contributed by atoms with E-state index in [1.54, 1.807) is 37.3 Å². The molecule has 5 aromatic rings. The molecule has 0 aliphatic heterocycles. The third-order valence-electron chi connectivity index (χ3n) is 7.29. The second kappa shape index (κ2) is 14.3. The smallest absolute Gasteiger partial charge is 0.264 e. The van der Waals surface area contributed by atoms with Crippen LogP contribution in [0.1, 0.15) is 34.2 Å². The molecule has 0 saturated heterocycles. The van der Waals surface area contributed by atoms with E-state index in [9.17, 15) is 18.5 Å². The topological polar surface area (TPSA) is 105 Å². The van der Waals surface area contributed by atoms with E-state index >= 15 is 0 Å². The average molecular weight is 639 g/mol. The van der Waals surface area contributed by atoms with Gasteiger partial charge in [-0.3, -0.25) is 4.79 Å². The molecule has 0 saturated carbocycles. The van der Waals surface area contributed by atoms with E-state index in [2.05, 4.69) is 41.1 Å². The summed E-state index contributed by atoms with van der Waals surface area (Å²) >= 11 is 6.09. The lowest BCUT2D eigenvalue weighted by Gasteiger charge is -2.15. The van der Waals surface area contributed by atoms with Crippen molar-refractivity contribution in [2.75, 3.05) is 6.61 Å². The number of ether oxygens (including phenoxy) is 2. The first kappa shape index (κ1) is 31.6. The highest BCUT2D eigenvalue weighted by Gasteiger charge is 2.19. The van der Waals surface area contributed by atoms with E-state index < -0.39 is 15.9 Å². The summed E-state index contributed by atoms with van der Waals surface area (Å²) < 4.78 is 39.8. The monoisotopic (exact) mass is 638 g/mol. The fourth-order valence-electron chi connectivity index (χ4n) is 4.77. The lowest BCUT2D eigenvalue weighted by molar-refractivity contribution is -0.119. The minimum Gasteiger partial charge on any atom is -0.493 e. The van der Waals surface area contributed by atoms with Gasteiger partial charge in [0.1, 0.15) is 18.1 Å². The Bertz CT molecular complexity index is 2000. The van der Waals surface area contributed by atoms with Crippen LogP contribution in [0.5, 0.6) is 11.5 Å². The number of benzene rings is 5. The highest BCUT2D eigenvalue weighted by Crippen LogP contribution is 2.25. The molecule has 5 rings (SSSR count). The molecule has 0 spiro atoms. The van der Waals surface area contributed by atoms with Crippen molar-refractivity contribution in [1.29, 1.82) is 5.26 Å². The summed E-state index contributed by atoms with van der Waals surface area (Å²) in [6.07, 6.45) is 0.854. The van der Waals surface area contributed by atoms with Crippen molar-refractivity contribution >= 4 is 38.3 Å². The molecular weight excluding hydrogens is 608 g/mol. The Labute approximate surface area is 268 Å². The molecule has 9 heteroatoms. The third kappa shape index (κ3) is 8.42. The van der Waals surface area contributed by atoms with Gasteiger partial charge in [0.25, 0.3) is 10.0 Å². The van der Waals surface area contributed by atoms with Crippen LogP contribution in [0, 0.1) is 18.3 Å². The van der Waals surface area contributed by atoms with E-state index in [1.807, 2.05) is 30.3 Å². The van der Waals surface area contributed by atoms with E-state index in [-0.39, 0.29) is 24.3 Å². The normalized spacial score (nSPS) is 11.1. The number of halogens is 1. The molecule has 1 N–H and O–H groups in total.